The molecular weight excluding hydrogens is 628 g/mol. The molecule has 2 saturated heterocycles. The largest absolute Gasteiger partial charge is 0.444 e. The maximum atomic E-state index is 13.1. The number of nitrogens with zero attached hydrogens (tertiary/aromatic N) is 4. The van der Waals surface area contributed by atoms with E-state index in [0.29, 0.717) is 0 Å². The molecule has 0 unspecified atom stereocenters. The molecule has 10 heteroatoms. The number of carbonyl (C=O) groups excluding carboxylic acids is 2. The molecule has 5 aromatic rings. The van der Waals surface area contributed by atoms with Crippen LogP contribution in [0.5, 0.6) is 0 Å². The SMILES string of the molecule is C[C@H]1CC[C@@H](c2nc3ccc(C#Cc4ccc5c(ccc6[nH]c([C@@H]7CC[C@H](C)N7C(=O)OC(C)(C)C)nc65)c4)cc3[nH]2)N1C(=O)OC(C)(C)C. The van der Waals surface area contributed by atoms with Crippen LogP contribution in [0.2, 0.25) is 0 Å². The molecule has 0 radical (unpaired) electrons. The zero-order valence-electron chi connectivity index (χ0n) is 30.2. The summed E-state index contributed by atoms with van der Waals surface area (Å²) in [5.41, 5.74) is 4.16. The normalized spacial score (nSPS) is 21.2. The Morgan fingerprint density at radius 2 is 1.24 bits per heavy atom. The second kappa shape index (κ2) is 12.4. The Hall–Kier alpha value is -5.04. The lowest BCUT2D eigenvalue weighted by molar-refractivity contribution is 0.0141. The maximum Gasteiger partial charge on any atom is 0.411 e. The summed E-state index contributed by atoms with van der Waals surface area (Å²) in [7, 11) is 0. The Bertz CT molecular complexity index is 2170. The third-order valence-electron chi connectivity index (χ3n) is 9.51. The van der Waals surface area contributed by atoms with Crippen LogP contribution in [0.1, 0.15) is 116 Å². The highest BCUT2D eigenvalue weighted by molar-refractivity contribution is 6.04. The van der Waals surface area contributed by atoms with Gasteiger partial charge in [-0.2, -0.15) is 0 Å². The molecule has 4 atom stereocenters. The minimum Gasteiger partial charge on any atom is -0.444 e. The van der Waals surface area contributed by atoms with Crippen molar-refractivity contribution >= 4 is 45.0 Å². The number of fused-ring (bicyclic) bond motifs is 4. The van der Waals surface area contributed by atoms with Crippen molar-refractivity contribution in [1.82, 2.24) is 29.7 Å². The number of aromatic amines is 2. The van der Waals surface area contributed by atoms with Gasteiger partial charge in [0.2, 0.25) is 0 Å². The van der Waals surface area contributed by atoms with Crippen LogP contribution in [0.15, 0.2) is 48.5 Å². The summed E-state index contributed by atoms with van der Waals surface area (Å²) < 4.78 is 11.5. The molecule has 2 aliphatic heterocycles. The molecule has 0 bridgehead atoms. The van der Waals surface area contributed by atoms with Crippen molar-refractivity contribution < 1.29 is 19.1 Å². The third kappa shape index (κ3) is 6.61. The van der Waals surface area contributed by atoms with E-state index in [-0.39, 0.29) is 36.4 Å². The van der Waals surface area contributed by atoms with E-state index < -0.39 is 11.2 Å². The topological polar surface area (TPSA) is 116 Å². The number of ether oxygens (including phenoxy) is 2. The van der Waals surface area contributed by atoms with E-state index in [2.05, 4.69) is 53.9 Å². The van der Waals surface area contributed by atoms with Gasteiger partial charge in [-0.25, -0.2) is 19.6 Å². The van der Waals surface area contributed by atoms with Crippen molar-refractivity contribution in [2.24, 2.45) is 0 Å². The second-order valence-electron chi connectivity index (χ2n) is 15.8. The number of rotatable bonds is 2. The van der Waals surface area contributed by atoms with Crippen LogP contribution in [0.4, 0.5) is 9.59 Å². The Kier molecular flexibility index (Phi) is 8.28. The van der Waals surface area contributed by atoms with Gasteiger partial charge in [0.05, 0.1) is 34.2 Å². The molecule has 2 N–H and O–H groups in total. The number of aromatic nitrogens is 4. The summed E-state index contributed by atoms with van der Waals surface area (Å²) in [6.45, 7) is 15.4. The monoisotopic (exact) mass is 674 g/mol. The molecular formula is C40H46N6O4. The minimum absolute atomic E-state index is 0.0719. The van der Waals surface area contributed by atoms with Crippen molar-refractivity contribution in [3.8, 4) is 11.8 Å². The lowest BCUT2D eigenvalue weighted by atomic mass is 10.1. The molecule has 2 fully saturated rings. The van der Waals surface area contributed by atoms with Crippen LogP contribution in [0, 0.1) is 11.8 Å². The van der Waals surface area contributed by atoms with Crippen molar-refractivity contribution in [2.45, 2.75) is 116 Å². The second-order valence-corrected chi connectivity index (χ2v) is 15.8. The first-order valence-corrected chi connectivity index (χ1v) is 17.6. The van der Waals surface area contributed by atoms with E-state index >= 15 is 0 Å². The fourth-order valence-corrected chi connectivity index (χ4v) is 7.22. The van der Waals surface area contributed by atoms with Crippen LogP contribution >= 0.6 is 0 Å². The molecule has 0 saturated carbocycles. The first-order valence-electron chi connectivity index (χ1n) is 17.6. The van der Waals surface area contributed by atoms with Gasteiger partial charge in [0.25, 0.3) is 0 Å². The summed E-state index contributed by atoms with van der Waals surface area (Å²) in [5.74, 6) is 8.19. The van der Waals surface area contributed by atoms with Gasteiger partial charge in [-0.3, -0.25) is 9.80 Å². The third-order valence-corrected chi connectivity index (χ3v) is 9.51. The van der Waals surface area contributed by atoms with Crippen LogP contribution in [-0.4, -0.2) is 65.2 Å². The molecule has 0 aliphatic carbocycles. The van der Waals surface area contributed by atoms with Crippen LogP contribution in [0.25, 0.3) is 32.8 Å². The lowest BCUT2D eigenvalue weighted by Gasteiger charge is -2.30. The Morgan fingerprint density at radius 1 is 0.700 bits per heavy atom. The number of amides is 2. The number of carbonyl (C=O) groups is 2. The average Bonchev–Trinajstić information content (AvgIpc) is 3.81. The standard InChI is InChI=1S/C40H46N6O4/c1-23-9-19-32(45(23)37(47)49-39(3,4)5)35-41-29-17-14-26(22-31(29)43-35)12-11-25-13-16-28-27(21-25)15-18-30-34(28)44-36(42-30)33-20-10-24(2)46(33)38(48)50-40(6,7)8/h13-18,21-24,32-33H,9-10,19-20H2,1-8H3,(H,41,43)(H,42,44)/t23-,24-,32-,33-/m0/s1. The number of nitrogens with one attached hydrogen (secondary N) is 2. The lowest BCUT2D eigenvalue weighted by Crippen LogP contribution is -2.40. The smallest absolute Gasteiger partial charge is 0.411 e. The first kappa shape index (κ1) is 33.5. The van der Waals surface area contributed by atoms with Crippen molar-refractivity contribution in [3.05, 3.63) is 71.3 Å². The molecule has 3 aromatic carbocycles. The molecule has 2 aromatic heterocycles. The van der Waals surface area contributed by atoms with E-state index in [1.807, 2.05) is 81.7 Å². The molecule has 0 spiro atoms. The van der Waals surface area contributed by atoms with E-state index in [9.17, 15) is 9.59 Å². The van der Waals surface area contributed by atoms with E-state index in [4.69, 9.17) is 19.4 Å². The zero-order valence-corrected chi connectivity index (χ0v) is 30.2. The summed E-state index contributed by atoms with van der Waals surface area (Å²) in [6.07, 6.45) is 2.82. The summed E-state index contributed by atoms with van der Waals surface area (Å²) in [4.78, 5) is 46.6. The number of H-pyrrole nitrogens is 2. The summed E-state index contributed by atoms with van der Waals surface area (Å²) >= 11 is 0. The van der Waals surface area contributed by atoms with Gasteiger partial charge in [-0.05, 0) is 123 Å². The van der Waals surface area contributed by atoms with Crippen LogP contribution in [0.3, 0.4) is 0 Å². The number of imidazole rings is 2. The highest BCUT2D eigenvalue weighted by atomic mass is 16.6. The van der Waals surface area contributed by atoms with Crippen molar-refractivity contribution in [2.75, 3.05) is 0 Å². The molecule has 260 valence electrons. The Morgan fingerprint density at radius 3 is 1.84 bits per heavy atom. The fourth-order valence-electron chi connectivity index (χ4n) is 7.22. The fraction of sp³-hybridized carbons (Fsp3) is 0.450. The van der Waals surface area contributed by atoms with Gasteiger partial charge in [-0.1, -0.05) is 24.0 Å². The van der Waals surface area contributed by atoms with Gasteiger partial charge in [0.1, 0.15) is 22.9 Å². The highest BCUT2D eigenvalue weighted by Crippen LogP contribution is 2.38. The van der Waals surface area contributed by atoms with Gasteiger partial charge in [0, 0.05) is 28.6 Å². The number of hydrogen-bond donors (Lipinski definition) is 2. The first-order chi connectivity index (χ1) is 23.6. The molecule has 7 rings (SSSR count). The van der Waals surface area contributed by atoms with Crippen molar-refractivity contribution in [3.63, 3.8) is 0 Å². The highest BCUT2D eigenvalue weighted by Gasteiger charge is 2.40. The molecule has 4 heterocycles. The summed E-state index contributed by atoms with van der Waals surface area (Å²) in [5, 5.41) is 2.07. The minimum atomic E-state index is -0.564. The molecule has 2 aliphatic rings. The maximum absolute atomic E-state index is 13.1. The van der Waals surface area contributed by atoms with Gasteiger partial charge < -0.3 is 19.4 Å². The van der Waals surface area contributed by atoms with Gasteiger partial charge in [-0.15, -0.1) is 0 Å². The molecule has 2 amide bonds. The summed E-state index contributed by atoms with van der Waals surface area (Å²) in [6, 6.07) is 16.1. The Labute approximate surface area is 292 Å². The average molecular weight is 675 g/mol. The number of hydrogen-bond acceptors (Lipinski definition) is 6. The van der Waals surface area contributed by atoms with Gasteiger partial charge >= 0.3 is 12.2 Å². The van der Waals surface area contributed by atoms with E-state index in [1.54, 1.807) is 0 Å². The van der Waals surface area contributed by atoms with E-state index in [0.717, 1.165) is 81.3 Å². The van der Waals surface area contributed by atoms with Crippen LogP contribution in [-0.2, 0) is 9.47 Å². The van der Waals surface area contributed by atoms with Crippen LogP contribution < -0.4 is 0 Å². The zero-order chi connectivity index (χ0) is 35.5. The molecule has 50 heavy (non-hydrogen) atoms. The Balaban J connectivity index is 1.11. The number of likely N-dealkylation sites (tertiary alicyclic amines) is 2. The molecule has 10 nitrogen and oxygen atoms in total. The number of benzene rings is 3. The van der Waals surface area contributed by atoms with Gasteiger partial charge in [0.15, 0.2) is 0 Å². The van der Waals surface area contributed by atoms with Crippen molar-refractivity contribution in [1.29, 1.82) is 0 Å². The van der Waals surface area contributed by atoms with E-state index in [1.165, 1.54) is 0 Å². The predicted octanol–water partition coefficient (Wildman–Crippen LogP) is 8.91. The quantitative estimate of drug-likeness (QED) is 0.181. The predicted molar refractivity (Wildman–Crippen MR) is 195 cm³/mol.